The minimum Gasteiger partial charge on any atom is -0.484 e. The molecule has 1 aliphatic rings. The van der Waals surface area contributed by atoms with Gasteiger partial charge in [-0.15, -0.1) is 12.4 Å². The van der Waals surface area contributed by atoms with Gasteiger partial charge < -0.3 is 15.4 Å². The third kappa shape index (κ3) is 5.56. The summed E-state index contributed by atoms with van der Waals surface area (Å²) in [5.41, 5.74) is 1.27. The Labute approximate surface area is 133 Å². The summed E-state index contributed by atoms with van der Waals surface area (Å²) >= 11 is 0. The van der Waals surface area contributed by atoms with Crippen LogP contribution in [0, 0.1) is 5.92 Å². The van der Waals surface area contributed by atoms with Gasteiger partial charge in [-0.25, -0.2) is 0 Å². The normalized spacial score (nSPS) is 21.2. The van der Waals surface area contributed by atoms with E-state index in [0.717, 1.165) is 31.7 Å². The Morgan fingerprint density at radius 1 is 1.38 bits per heavy atom. The Bertz CT molecular complexity index is 436. The van der Waals surface area contributed by atoms with E-state index in [0.29, 0.717) is 5.92 Å². The van der Waals surface area contributed by atoms with E-state index in [4.69, 9.17) is 4.74 Å². The van der Waals surface area contributed by atoms with Crippen molar-refractivity contribution >= 4 is 18.3 Å². The Morgan fingerprint density at radius 2 is 2.10 bits per heavy atom. The molecule has 0 aromatic heterocycles. The molecule has 0 bridgehead atoms. The number of hydrogen-bond acceptors (Lipinski definition) is 3. The van der Waals surface area contributed by atoms with E-state index in [2.05, 4.69) is 24.5 Å². The zero-order chi connectivity index (χ0) is 14.4. The Kier molecular flexibility index (Phi) is 7.54. The molecular formula is C16H25ClN2O2. The van der Waals surface area contributed by atoms with Crippen LogP contribution < -0.4 is 15.4 Å². The predicted octanol–water partition coefficient (Wildman–Crippen LogP) is 2.16. The van der Waals surface area contributed by atoms with Crippen molar-refractivity contribution in [3.8, 4) is 5.75 Å². The number of rotatable bonds is 5. The van der Waals surface area contributed by atoms with Crippen LogP contribution in [-0.2, 0) is 11.2 Å². The molecule has 1 amide bonds. The van der Waals surface area contributed by atoms with Crippen LogP contribution in [0.4, 0.5) is 0 Å². The lowest BCUT2D eigenvalue weighted by atomic mass is 9.95. The van der Waals surface area contributed by atoms with Crippen LogP contribution in [0.15, 0.2) is 24.3 Å². The van der Waals surface area contributed by atoms with E-state index < -0.39 is 0 Å². The number of hydrogen-bond donors (Lipinski definition) is 2. The maximum Gasteiger partial charge on any atom is 0.258 e. The summed E-state index contributed by atoms with van der Waals surface area (Å²) in [5, 5.41) is 6.34. The average Bonchev–Trinajstić information content (AvgIpc) is 2.48. The highest BCUT2D eigenvalue weighted by Gasteiger charge is 2.22. The second-order valence-electron chi connectivity index (χ2n) is 5.43. The fourth-order valence-electron chi connectivity index (χ4n) is 2.40. The van der Waals surface area contributed by atoms with E-state index in [9.17, 15) is 4.79 Å². The number of carbonyl (C=O) groups excluding carboxylic acids is 1. The van der Waals surface area contributed by atoms with Crippen LogP contribution in [0.5, 0.6) is 5.75 Å². The number of aryl methyl sites for hydroxylation is 1. The minimum atomic E-state index is -0.0508. The lowest BCUT2D eigenvalue weighted by molar-refractivity contribution is -0.124. The lowest BCUT2D eigenvalue weighted by Crippen LogP contribution is -2.51. The molecular weight excluding hydrogens is 288 g/mol. The summed E-state index contributed by atoms with van der Waals surface area (Å²) < 4.78 is 5.51. The van der Waals surface area contributed by atoms with E-state index in [1.54, 1.807) is 0 Å². The Morgan fingerprint density at radius 3 is 2.71 bits per heavy atom. The molecule has 0 saturated carbocycles. The first-order valence-corrected chi connectivity index (χ1v) is 7.41. The smallest absolute Gasteiger partial charge is 0.258 e. The number of carbonyl (C=O) groups is 1. The second-order valence-corrected chi connectivity index (χ2v) is 5.43. The molecule has 1 fully saturated rings. The van der Waals surface area contributed by atoms with Gasteiger partial charge in [-0.05, 0) is 43.0 Å². The van der Waals surface area contributed by atoms with Crippen molar-refractivity contribution in [3.63, 3.8) is 0 Å². The Hall–Kier alpha value is -1.26. The summed E-state index contributed by atoms with van der Waals surface area (Å²) in [6.45, 7) is 6.25. The summed E-state index contributed by atoms with van der Waals surface area (Å²) in [7, 11) is 0. The fraction of sp³-hybridized carbons (Fsp3) is 0.562. The lowest BCUT2D eigenvalue weighted by Gasteiger charge is -2.30. The number of ether oxygens (including phenoxy) is 1. The monoisotopic (exact) mass is 312 g/mol. The molecule has 4 nitrogen and oxygen atoms in total. The summed E-state index contributed by atoms with van der Waals surface area (Å²) in [5.74, 6) is 1.21. The van der Waals surface area contributed by atoms with Crippen molar-refractivity contribution in [1.82, 2.24) is 10.6 Å². The Balaban J connectivity index is 0.00000220. The van der Waals surface area contributed by atoms with Crippen molar-refractivity contribution in [2.75, 3.05) is 19.7 Å². The first-order chi connectivity index (χ1) is 9.69. The fourth-order valence-corrected chi connectivity index (χ4v) is 2.40. The second kappa shape index (κ2) is 8.90. The van der Waals surface area contributed by atoms with Gasteiger partial charge in [0.15, 0.2) is 6.61 Å². The topological polar surface area (TPSA) is 50.4 Å². The van der Waals surface area contributed by atoms with Gasteiger partial charge in [0.05, 0.1) is 0 Å². The van der Waals surface area contributed by atoms with Crippen LogP contribution >= 0.6 is 12.4 Å². The molecule has 0 aliphatic carbocycles. The van der Waals surface area contributed by atoms with Crippen LogP contribution in [0.1, 0.15) is 25.8 Å². The molecule has 0 radical (unpaired) electrons. The van der Waals surface area contributed by atoms with Crippen LogP contribution in [0.2, 0.25) is 0 Å². The molecule has 118 valence electrons. The quantitative estimate of drug-likeness (QED) is 0.876. The van der Waals surface area contributed by atoms with E-state index in [1.807, 2.05) is 24.3 Å². The molecule has 5 heteroatoms. The third-order valence-corrected chi connectivity index (χ3v) is 3.88. The molecule has 1 saturated heterocycles. The maximum atomic E-state index is 11.9. The summed E-state index contributed by atoms with van der Waals surface area (Å²) in [6.07, 6.45) is 2.11. The van der Waals surface area contributed by atoms with Crippen LogP contribution in [-0.4, -0.2) is 31.6 Å². The van der Waals surface area contributed by atoms with Crippen LogP contribution in [0.3, 0.4) is 0 Å². The molecule has 2 atom stereocenters. The maximum absolute atomic E-state index is 11.9. The van der Waals surface area contributed by atoms with Gasteiger partial charge in [0.2, 0.25) is 0 Å². The van der Waals surface area contributed by atoms with Crippen molar-refractivity contribution in [2.45, 2.75) is 32.7 Å². The summed E-state index contributed by atoms with van der Waals surface area (Å²) in [4.78, 5) is 11.9. The molecule has 1 heterocycles. The number of halogens is 1. The summed E-state index contributed by atoms with van der Waals surface area (Å²) in [6, 6.07) is 8.09. The number of benzene rings is 1. The van der Waals surface area contributed by atoms with Gasteiger partial charge in [-0.2, -0.15) is 0 Å². The SMILES string of the molecule is CCc1ccc(OCC(=O)NC2CNCCC2C)cc1.Cl. The number of piperidine rings is 1. The number of nitrogens with one attached hydrogen (secondary N) is 2. The molecule has 0 spiro atoms. The van der Waals surface area contributed by atoms with Gasteiger partial charge in [-0.1, -0.05) is 26.0 Å². The number of amides is 1. The van der Waals surface area contributed by atoms with Crippen molar-refractivity contribution in [2.24, 2.45) is 5.92 Å². The first kappa shape index (κ1) is 17.8. The highest BCUT2D eigenvalue weighted by molar-refractivity contribution is 5.85. The third-order valence-electron chi connectivity index (χ3n) is 3.88. The molecule has 1 aromatic rings. The first-order valence-electron chi connectivity index (χ1n) is 7.41. The molecule has 2 N–H and O–H groups in total. The zero-order valence-electron chi connectivity index (χ0n) is 12.7. The van der Waals surface area contributed by atoms with E-state index >= 15 is 0 Å². The van der Waals surface area contributed by atoms with Gasteiger partial charge in [0.25, 0.3) is 5.91 Å². The zero-order valence-corrected chi connectivity index (χ0v) is 13.5. The highest BCUT2D eigenvalue weighted by atomic mass is 35.5. The van der Waals surface area contributed by atoms with Crippen molar-refractivity contribution in [3.05, 3.63) is 29.8 Å². The average molecular weight is 313 g/mol. The molecule has 2 rings (SSSR count). The van der Waals surface area contributed by atoms with Gasteiger partial charge in [0, 0.05) is 12.6 Å². The van der Waals surface area contributed by atoms with Gasteiger partial charge in [0.1, 0.15) is 5.75 Å². The van der Waals surface area contributed by atoms with E-state index in [-0.39, 0.29) is 31.0 Å². The largest absolute Gasteiger partial charge is 0.484 e. The van der Waals surface area contributed by atoms with Gasteiger partial charge in [-0.3, -0.25) is 4.79 Å². The van der Waals surface area contributed by atoms with Crippen molar-refractivity contribution in [1.29, 1.82) is 0 Å². The van der Waals surface area contributed by atoms with E-state index in [1.165, 1.54) is 5.56 Å². The predicted molar refractivity (Wildman–Crippen MR) is 87.1 cm³/mol. The standard InChI is InChI=1S/C16H24N2O2.ClH/c1-3-13-4-6-14(7-5-13)20-11-16(19)18-15-10-17-9-8-12(15)2;/h4-7,12,15,17H,3,8-11H2,1-2H3,(H,18,19);1H. The molecule has 1 aromatic carbocycles. The van der Waals surface area contributed by atoms with Gasteiger partial charge >= 0.3 is 0 Å². The molecule has 1 aliphatic heterocycles. The highest BCUT2D eigenvalue weighted by Crippen LogP contribution is 2.13. The molecule has 2 unspecified atom stereocenters. The van der Waals surface area contributed by atoms with Crippen LogP contribution in [0.25, 0.3) is 0 Å². The minimum absolute atomic E-state index is 0. The molecule has 21 heavy (non-hydrogen) atoms. The van der Waals surface area contributed by atoms with Crippen molar-refractivity contribution < 1.29 is 9.53 Å².